The van der Waals surface area contributed by atoms with Crippen LogP contribution in [-0.2, 0) is 22.5 Å². The number of aryl methyl sites for hydroxylation is 1. The SMILES string of the molecule is CCc1ccc(CNC(=O)[C@H]2c3ccccc3C(=O)N(CCOC)[C@H]2c2cccs2)cc1. The van der Waals surface area contributed by atoms with Crippen LogP contribution in [0, 0.1) is 0 Å². The monoisotopic (exact) mass is 448 g/mol. The number of benzene rings is 2. The Morgan fingerprint density at radius 3 is 2.50 bits per heavy atom. The zero-order chi connectivity index (χ0) is 22.5. The Kier molecular flexibility index (Phi) is 7.02. The summed E-state index contributed by atoms with van der Waals surface area (Å²) < 4.78 is 5.28. The fraction of sp³-hybridized carbons (Fsp3) is 0.308. The first-order chi connectivity index (χ1) is 15.6. The maximum atomic E-state index is 13.6. The number of ether oxygens (including phenoxy) is 1. The van der Waals surface area contributed by atoms with Gasteiger partial charge < -0.3 is 15.0 Å². The molecule has 1 aromatic heterocycles. The third-order valence-electron chi connectivity index (χ3n) is 5.99. The topological polar surface area (TPSA) is 58.6 Å². The maximum absolute atomic E-state index is 13.6. The summed E-state index contributed by atoms with van der Waals surface area (Å²) in [4.78, 5) is 29.8. The molecule has 32 heavy (non-hydrogen) atoms. The number of amides is 2. The lowest BCUT2D eigenvalue weighted by atomic mass is 9.81. The molecule has 4 rings (SSSR count). The summed E-state index contributed by atoms with van der Waals surface area (Å²) in [6.07, 6.45) is 0.985. The van der Waals surface area contributed by atoms with E-state index >= 15 is 0 Å². The Labute approximate surface area is 193 Å². The van der Waals surface area contributed by atoms with Crippen LogP contribution in [0.15, 0.2) is 66.0 Å². The van der Waals surface area contributed by atoms with E-state index in [-0.39, 0.29) is 17.9 Å². The largest absolute Gasteiger partial charge is 0.383 e. The number of hydrogen-bond donors (Lipinski definition) is 1. The van der Waals surface area contributed by atoms with Gasteiger partial charge in [-0.25, -0.2) is 0 Å². The van der Waals surface area contributed by atoms with Gasteiger partial charge in [0.1, 0.15) is 0 Å². The molecule has 0 aliphatic carbocycles. The molecule has 5 nitrogen and oxygen atoms in total. The summed E-state index contributed by atoms with van der Waals surface area (Å²) in [6.45, 7) is 3.41. The van der Waals surface area contributed by atoms with Crippen LogP contribution in [0.5, 0.6) is 0 Å². The summed E-state index contributed by atoms with van der Waals surface area (Å²) in [7, 11) is 1.62. The van der Waals surface area contributed by atoms with Crippen LogP contribution in [0.4, 0.5) is 0 Å². The van der Waals surface area contributed by atoms with Gasteiger partial charge in [0.05, 0.1) is 18.6 Å². The first-order valence-electron chi connectivity index (χ1n) is 10.9. The van der Waals surface area contributed by atoms with Crippen LogP contribution >= 0.6 is 11.3 Å². The lowest BCUT2D eigenvalue weighted by Gasteiger charge is -2.41. The summed E-state index contributed by atoms with van der Waals surface area (Å²) >= 11 is 1.57. The first-order valence-corrected chi connectivity index (χ1v) is 11.8. The van der Waals surface area contributed by atoms with E-state index in [4.69, 9.17) is 4.74 Å². The Bertz CT molecular complexity index is 1060. The number of carbonyl (C=O) groups excluding carboxylic acids is 2. The molecule has 0 bridgehead atoms. The van der Waals surface area contributed by atoms with E-state index in [1.165, 1.54) is 5.56 Å². The van der Waals surface area contributed by atoms with E-state index in [9.17, 15) is 9.59 Å². The zero-order valence-corrected chi connectivity index (χ0v) is 19.2. The van der Waals surface area contributed by atoms with Crippen LogP contribution in [0.2, 0.25) is 0 Å². The van der Waals surface area contributed by atoms with E-state index in [1.807, 2.05) is 41.8 Å². The molecule has 1 N–H and O–H groups in total. The van der Waals surface area contributed by atoms with Crippen LogP contribution in [0.3, 0.4) is 0 Å². The second-order valence-corrected chi connectivity index (χ2v) is 8.88. The number of thiophene rings is 1. The Morgan fingerprint density at radius 1 is 1.06 bits per heavy atom. The number of carbonyl (C=O) groups is 2. The van der Waals surface area contributed by atoms with Gasteiger partial charge in [-0.05, 0) is 40.6 Å². The molecular weight excluding hydrogens is 420 g/mol. The predicted octanol–water partition coefficient (Wildman–Crippen LogP) is 4.55. The van der Waals surface area contributed by atoms with Crippen molar-refractivity contribution in [2.45, 2.75) is 31.8 Å². The minimum absolute atomic E-state index is 0.0599. The van der Waals surface area contributed by atoms with Gasteiger partial charge in [-0.3, -0.25) is 9.59 Å². The molecule has 2 heterocycles. The smallest absolute Gasteiger partial charge is 0.254 e. The molecule has 0 fully saturated rings. The van der Waals surface area contributed by atoms with Crippen LogP contribution < -0.4 is 5.32 Å². The number of nitrogens with zero attached hydrogens (tertiary/aromatic N) is 1. The van der Waals surface area contributed by atoms with Crippen molar-refractivity contribution >= 4 is 23.2 Å². The minimum Gasteiger partial charge on any atom is -0.383 e. The molecule has 1 aliphatic rings. The zero-order valence-electron chi connectivity index (χ0n) is 18.4. The molecule has 0 saturated heterocycles. The van der Waals surface area contributed by atoms with Gasteiger partial charge in [0.15, 0.2) is 0 Å². The van der Waals surface area contributed by atoms with Crippen molar-refractivity contribution in [3.63, 3.8) is 0 Å². The number of hydrogen-bond acceptors (Lipinski definition) is 4. The fourth-order valence-corrected chi connectivity index (χ4v) is 5.15. The number of fused-ring (bicyclic) bond motifs is 1. The summed E-state index contributed by atoms with van der Waals surface area (Å²) in [5, 5.41) is 5.11. The predicted molar refractivity (Wildman–Crippen MR) is 127 cm³/mol. The highest BCUT2D eigenvalue weighted by atomic mass is 32.1. The third kappa shape index (κ3) is 4.47. The van der Waals surface area contributed by atoms with Crippen molar-refractivity contribution in [3.05, 3.63) is 93.2 Å². The number of nitrogens with one attached hydrogen (secondary N) is 1. The summed E-state index contributed by atoms with van der Waals surface area (Å²) in [5.41, 5.74) is 3.69. The lowest BCUT2D eigenvalue weighted by Crippen LogP contribution is -2.48. The Hall–Kier alpha value is -2.96. The van der Waals surface area contributed by atoms with E-state index in [1.54, 1.807) is 23.3 Å². The second kappa shape index (κ2) is 10.1. The summed E-state index contributed by atoms with van der Waals surface area (Å²) in [5.74, 6) is -0.630. The highest BCUT2D eigenvalue weighted by Crippen LogP contribution is 2.44. The van der Waals surface area contributed by atoms with E-state index < -0.39 is 5.92 Å². The molecule has 3 aromatic rings. The van der Waals surface area contributed by atoms with E-state index in [2.05, 4.69) is 36.5 Å². The fourth-order valence-electron chi connectivity index (χ4n) is 4.28. The Morgan fingerprint density at radius 2 is 1.81 bits per heavy atom. The number of rotatable bonds is 8. The molecule has 0 saturated carbocycles. The molecule has 1 aliphatic heterocycles. The van der Waals surface area contributed by atoms with Crippen molar-refractivity contribution in [2.75, 3.05) is 20.3 Å². The second-order valence-electron chi connectivity index (χ2n) is 7.90. The van der Waals surface area contributed by atoms with Gasteiger partial charge in [-0.15, -0.1) is 11.3 Å². The molecule has 0 radical (unpaired) electrons. The van der Waals surface area contributed by atoms with Crippen molar-refractivity contribution < 1.29 is 14.3 Å². The maximum Gasteiger partial charge on any atom is 0.254 e. The van der Waals surface area contributed by atoms with Gasteiger partial charge in [0.25, 0.3) is 5.91 Å². The molecule has 166 valence electrons. The lowest BCUT2D eigenvalue weighted by molar-refractivity contribution is -0.124. The van der Waals surface area contributed by atoms with Crippen molar-refractivity contribution in [1.29, 1.82) is 0 Å². The molecule has 0 unspecified atom stereocenters. The summed E-state index contributed by atoms with van der Waals surface area (Å²) in [6, 6.07) is 19.4. The van der Waals surface area contributed by atoms with Gasteiger partial charge in [0.2, 0.25) is 5.91 Å². The number of methoxy groups -OCH3 is 1. The highest BCUT2D eigenvalue weighted by molar-refractivity contribution is 7.10. The van der Waals surface area contributed by atoms with Gasteiger partial charge in [-0.1, -0.05) is 55.5 Å². The van der Waals surface area contributed by atoms with E-state index in [0.29, 0.717) is 25.3 Å². The normalized spacial score (nSPS) is 17.8. The third-order valence-corrected chi connectivity index (χ3v) is 6.93. The quantitative estimate of drug-likeness (QED) is 0.550. The molecule has 0 spiro atoms. The van der Waals surface area contributed by atoms with Gasteiger partial charge in [0, 0.05) is 30.6 Å². The van der Waals surface area contributed by atoms with Crippen molar-refractivity contribution in [2.24, 2.45) is 0 Å². The van der Waals surface area contributed by atoms with E-state index in [0.717, 1.165) is 22.4 Å². The van der Waals surface area contributed by atoms with Crippen LogP contribution in [0.25, 0.3) is 0 Å². The van der Waals surface area contributed by atoms with Gasteiger partial charge in [-0.2, -0.15) is 0 Å². The van der Waals surface area contributed by atoms with Crippen LogP contribution in [0.1, 0.15) is 50.8 Å². The van der Waals surface area contributed by atoms with Crippen molar-refractivity contribution in [3.8, 4) is 0 Å². The minimum atomic E-state index is -0.491. The average Bonchev–Trinajstić information content (AvgIpc) is 3.37. The van der Waals surface area contributed by atoms with Crippen LogP contribution in [-0.4, -0.2) is 37.0 Å². The standard InChI is InChI=1S/C26H28N2O3S/c1-3-18-10-12-19(13-11-18)17-27-25(29)23-20-7-4-5-8-21(20)26(30)28(14-15-31-2)24(23)22-9-6-16-32-22/h4-13,16,23-24H,3,14-15,17H2,1-2H3,(H,27,29)/t23-,24-/m0/s1. The first kappa shape index (κ1) is 22.2. The molecule has 2 amide bonds. The molecular formula is C26H28N2O3S. The molecule has 2 aromatic carbocycles. The molecule has 2 atom stereocenters. The average molecular weight is 449 g/mol. The van der Waals surface area contributed by atoms with Crippen molar-refractivity contribution in [1.82, 2.24) is 10.2 Å². The highest BCUT2D eigenvalue weighted by Gasteiger charge is 2.44. The van der Waals surface area contributed by atoms with Gasteiger partial charge >= 0.3 is 0 Å². The molecule has 6 heteroatoms. The Balaban J connectivity index is 1.67.